The highest BCUT2D eigenvalue weighted by Crippen LogP contribution is 2.32. The summed E-state index contributed by atoms with van der Waals surface area (Å²) in [7, 11) is 0. The third kappa shape index (κ3) is 2.25. The van der Waals surface area contributed by atoms with Gasteiger partial charge in [-0.05, 0) is 12.1 Å². The smallest absolute Gasteiger partial charge is 0.209 e. The lowest BCUT2D eigenvalue weighted by Crippen LogP contribution is -2.45. The Balaban J connectivity index is 2.14. The molecule has 0 aromatic heterocycles. The Morgan fingerprint density at radius 2 is 1.81 bits per heavy atom. The SMILES string of the molecule is O=CN1CCN(c2cccc(Cl)c2Cl)CC1. The molecule has 2 rings (SSSR count). The maximum atomic E-state index is 10.6. The number of hydrogen-bond donors (Lipinski definition) is 0. The van der Waals surface area contributed by atoms with Gasteiger partial charge in [-0.25, -0.2) is 0 Å². The van der Waals surface area contributed by atoms with Crippen LogP contribution in [0, 0.1) is 0 Å². The normalized spacial score (nSPS) is 16.4. The zero-order valence-electron chi connectivity index (χ0n) is 8.70. The van der Waals surface area contributed by atoms with Crippen LogP contribution in [0.5, 0.6) is 0 Å². The van der Waals surface area contributed by atoms with Crippen LogP contribution < -0.4 is 4.90 Å². The fourth-order valence-corrected chi connectivity index (χ4v) is 2.22. The topological polar surface area (TPSA) is 23.6 Å². The molecule has 0 unspecified atom stereocenters. The summed E-state index contributed by atoms with van der Waals surface area (Å²) in [6.07, 6.45) is 0.886. The highest BCUT2D eigenvalue weighted by Gasteiger charge is 2.18. The number of anilines is 1. The molecular weight excluding hydrogens is 247 g/mol. The summed E-state index contributed by atoms with van der Waals surface area (Å²) >= 11 is 12.1. The highest BCUT2D eigenvalue weighted by atomic mass is 35.5. The third-order valence-electron chi connectivity index (χ3n) is 2.74. The van der Waals surface area contributed by atoms with Crippen molar-refractivity contribution in [1.82, 2.24) is 4.90 Å². The fraction of sp³-hybridized carbons (Fsp3) is 0.364. The van der Waals surface area contributed by atoms with Gasteiger partial charge in [0, 0.05) is 26.2 Å². The Hall–Kier alpha value is -0.930. The van der Waals surface area contributed by atoms with Crippen LogP contribution >= 0.6 is 23.2 Å². The predicted molar refractivity (Wildman–Crippen MR) is 66.3 cm³/mol. The molecule has 1 saturated heterocycles. The van der Waals surface area contributed by atoms with Gasteiger partial charge in [0.2, 0.25) is 6.41 Å². The van der Waals surface area contributed by atoms with Gasteiger partial charge in [-0.15, -0.1) is 0 Å². The van der Waals surface area contributed by atoms with Gasteiger partial charge in [0.25, 0.3) is 0 Å². The molecule has 3 nitrogen and oxygen atoms in total. The molecule has 0 N–H and O–H groups in total. The molecule has 1 aliphatic heterocycles. The number of benzene rings is 1. The zero-order chi connectivity index (χ0) is 11.5. The van der Waals surface area contributed by atoms with Gasteiger partial charge in [-0.1, -0.05) is 29.3 Å². The average molecular weight is 259 g/mol. The first-order chi connectivity index (χ1) is 7.72. The first-order valence-electron chi connectivity index (χ1n) is 5.10. The molecule has 1 amide bonds. The summed E-state index contributed by atoms with van der Waals surface area (Å²) in [5.74, 6) is 0. The van der Waals surface area contributed by atoms with Crippen LogP contribution in [-0.2, 0) is 4.79 Å². The van der Waals surface area contributed by atoms with Crippen LogP contribution in [0.4, 0.5) is 5.69 Å². The largest absolute Gasteiger partial charge is 0.367 e. The van der Waals surface area contributed by atoms with Crippen molar-refractivity contribution in [3.63, 3.8) is 0 Å². The van der Waals surface area contributed by atoms with Gasteiger partial charge in [0.15, 0.2) is 0 Å². The number of halogens is 2. The minimum absolute atomic E-state index is 0.567. The van der Waals surface area contributed by atoms with Crippen molar-refractivity contribution < 1.29 is 4.79 Å². The molecule has 1 aromatic rings. The molecule has 16 heavy (non-hydrogen) atoms. The molecule has 5 heteroatoms. The molecule has 0 spiro atoms. The number of nitrogens with zero attached hydrogens (tertiary/aromatic N) is 2. The zero-order valence-corrected chi connectivity index (χ0v) is 10.2. The van der Waals surface area contributed by atoms with E-state index in [1.807, 2.05) is 12.1 Å². The number of hydrogen-bond acceptors (Lipinski definition) is 2. The van der Waals surface area contributed by atoms with Gasteiger partial charge in [-0.3, -0.25) is 4.79 Å². The van der Waals surface area contributed by atoms with Crippen molar-refractivity contribution in [2.24, 2.45) is 0 Å². The Morgan fingerprint density at radius 3 is 2.44 bits per heavy atom. The van der Waals surface area contributed by atoms with E-state index in [4.69, 9.17) is 23.2 Å². The first-order valence-corrected chi connectivity index (χ1v) is 5.86. The van der Waals surface area contributed by atoms with E-state index in [1.165, 1.54) is 0 Å². The van der Waals surface area contributed by atoms with Crippen molar-refractivity contribution in [3.8, 4) is 0 Å². The van der Waals surface area contributed by atoms with E-state index in [9.17, 15) is 4.79 Å². The minimum Gasteiger partial charge on any atom is -0.367 e. The quantitative estimate of drug-likeness (QED) is 0.761. The monoisotopic (exact) mass is 258 g/mol. The van der Waals surface area contributed by atoms with Gasteiger partial charge < -0.3 is 9.80 Å². The van der Waals surface area contributed by atoms with Crippen LogP contribution in [0.1, 0.15) is 0 Å². The van der Waals surface area contributed by atoms with E-state index in [-0.39, 0.29) is 0 Å². The van der Waals surface area contributed by atoms with Crippen molar-refractivity contribution in [2.45, 2.75) is 0 Å². The van der Waals surface area contributed by atoms with E-state index in [1.54, 1.807) is 11.0 Å². The summed E-state index contributed by atoms with van der Waals surface area (Å²) in [5.41, 5.74) is 0.944. The lowest BCUT2D eigenvalue weighted by molar-refractivity contribution is -0.118. The molecule has 0 atom stereocenters. The summed E-state index contributed by atoms with van der Waals surface area (Å²) in [6.45, 7) is 3.04. The molecule has 0 aliphatic carbocycles. The second-order valence-corrected chi connectivity index (χ2v) is 4.49. The number of carbonyl (C=O) groups is 1. The van der Waals surface area contributed by atoms with Gasteiger partial charge in [-0.2, -0.15) is 0 Å². The molecule has 86 valence electrons. The van der Waals surface area contributed by atoms with Crippen LogP contribution in [0.15, 0.2) is 18.2 Å². The van der Waals surface area contributed by atoms with Crippen molar-refractivity contribution in [3.05, 3.63) is 28.2 Å². The standard InChI is InChI=1S/C11H12Cl2N2O/c12-9-2-1-3-10(11(9)13)15-6-4-14(8-16)5-7-15/h1-3,8H,4-7H2. The van der Waals surface area contributed by atoms with E-state index < -0.39 is 0 Å². The van der Waals surface area contributed by atoms with Crippen molar-refractivity contribution in [2.75, 3.05) is 31.1 Å². The second-order valence-electron chi connectivity index (χ2n) is 3.70. The summed E-state index contributed by atoms with van der Waals surface area (Å²) in [4.78, 5) is 14.5. The van der Waals surface area contributed by atoms with Crippen LogP contribution in [-0.4, -0.2) is 37.5 Å². The molecule has 1 aromatic carbocycles. The molecule has 0 saturated carbocycles. The van der Waals surface area contributed by atoms with Gasteiger partial charge >= 0.3 is 0 Å². The number of carbonyl (C=O) groups excluding carboxylic acids is 1. The second kappa shape index (κ2) is 4.93. The lowest BCUT2D eigenvalue weighted by atomic mass is 10.2. The molecule has 0 bridgehead atoms. The van der Waals surface area contributed by atoms with Crippen LogP contribution in [0.3, 0.4) is 0 Å². The first kappa shape index (κ1) is 11.6. The van der Waals surface area contributed by atoms with E-state index in [0.29, 0.717) is 10.0 Å². The van der Waals surface area contributed by atoms with E-state index in [2.05, 4.69) is 4.90 Å². The predicted octanol–water partition coefficient (Wildman–Crippen LogP) is 2.27. The average Bonchev–Trinajstić information content (AvgIpc) is 2.33. The molecule has 1 aliphatic rings. The molecule has 1 heterocycles. The molecule has 1 fully saturated rings. The number of amides is 1. The summed E-state index contributed by atoms with van der Waals surface area (Å²) < 4.78 is 0. The number of piperazine rings is 1. The highest BCUT2D eigenvalue weighted by molar-refractivity contribution is 6.43. The van der Waals surface area contributed by atoms with Gasteiger partial charge in [0.1, 0.15) is 0 Å². The lowest BCUT2D eigenvalue weighted by Gasteiger charge is -2.34. The van der Waals surface area contributed by atoms with Crippen molar-refractivity contribution in [1.29, 1.82) is 0 Å². The number of rotatable bonds is 2. The maximum Gasteiger partial charge on any atom is 0.209 e. The fourth-order valence-electron chi connectivity index (χ4n) is 1.80. The molecular formula is C11H12Cl2N2O. The summed E-state index contributed by atoms with van der Waals surface area (Å²) in [5, 5.41) is 1.15. The Kier molecular flexibility index (Phi) is 3.56. The van der Waals surface area contributed by atoms with E-state index in [0.717, 1.165) is 38.3 Å². The van der Waals surface area contributed by atoms with E-state index >= 15 is 0 Å². The maximum absolute atomic E-state index is 10.6. The Bertz CT molecular complexity index is 390. The Morgan fingerprint density at radius 1 is 1.12 bits per heavy atom. The summed E-state index contributed by atoms with van der Waals surface area (Å²) in [6, 6.07) is 5.61. The van der Waals surface area contributed by atoms with Gasteiger partial charge in [0.05, 0.1) is 15.7 Å². The van der Waals surface area contributed by atoms with Crippen LogP contribution in [0.2, 0.25) is 10.0 Å². The van der Waals surface area contributed by atoms with Crippen LogP contribution in [0.25, 0.3) is 0 Å². The Labute approximate surface area is 105 Å². The third-order valence-corrected chi connectivity index (χ3v) is 3.54. The molecule has 0 radical (unpaired) electrons. The minimum atomic E-state index is 0.567. The van der Waals surface area contributed by atoms with Crippen molar-refractivity contribution >= 4 is 35.3 Å².